The molecule has 0 aliphatic carbocycles. The van der Waals surface area contributed by atoms with Gasteiger partial charge < -0.3 is 10.0 Å². The fraction of sp³-hybridized carbons (Fsp3) is 0.562. The highest BCUT2D eigenvalue weighted by Crippen LogP contribution is 2.34. The predicted molar refractivity (Wildman–Crippen MR) is 82.5 cm³/mol. The third-order valence-electron chi connectivity index (χ3n) is 4.22. The summed E-state index contributed by atoms with van der Waals surface area (Å²) in [6, 6.07) is 1.70. The van der Waals surface area contributed by atoms with E-state index in [-0.39, 0.29) is 12.5 Å². The Morgan fingerprint density at radius 2 is 2.32 bits per heavy atom. The second-order valence-corrected chi connectivity index (χ2v) is 5.85. The highest BCUT2D eigenvalue weighted by molar-refractivity contribution is 5.93. The van der Waals surface area contributed by atoms with Crippen molar-refractivity contribution in [2.45, 2.75) is 39.2 Å². The first kappa shape index (κ1) is 16.3. The van der Waals surface area contributed by atoms with Gasteiger partial charge in [0.2, 0.25) is 0 Å². The molecule has 0 spiro atoms. The Morgan fingerprint density at radius 1 is 1.55 bits per heavy atom. The number of likely N-dealkylation sites (tertiary alicyclic amines) is 1. The molecule has 0 bridgehead atoms. The average molecular weight is 305 g/mol. The molecular formula is C16H23N3O3. The van der Waals surface area contributed by atoms with Gasteiger partial charge in [-0.05, 0) is 31.7 Å². The number of hydrogen-bond acceptors (Lipinski definition) is 3. The zero-order valence-electron chi connectivity index (χ0n) is 13.0. The monoisotopic (exact) mass is 305 g/mol. The van der Waals surface area contributed by atoms with Crippen molar-refractivity contribution in [3.63, 3.8) is 0 Å². The van der Waals surface area contributed by atoms with Crippen LogP contribution in [0.3, 0.4) is 0 Å². The normalized spacial score (nSPS) is 21.6. The number of piperidine rings is 1. The van der Waals surface area contributed by atoms with Gasteiger partial charge in [-0.3, -0.25) is 14.3 Å². The van der Waals surface area contributed by atoms with Gasteiger partial charge in [0.15, 0.2) is 0 Å². The second-order valence-electron chi connectivity index (χ2n) is 5.85. The van der Waals surface area contributed by atoms with E-state index in [1.54, 1.807) is 27.9 Å². The van der Waals surface area contributed by atoms with Crippen molar-refractivity contribution in [2.24, 2.45) is 5.41 Å². The van der Waals surface area contributed by atoms with Crippen LogP contribution in [0.1, 0.15) is 43.1 Å². The molecule has 1 amide bonds. The number of aryl methyl sites for hydroxylation is 1. The maximum atomic E-state index is 12.7. The first-order valence-electron chi connectivity index (χ1n) is 7.69. The molecule has 120 valence electrons. The first-order valence-corrected chi connectivity index (χ1v) is 7.69. The third-order valence-corrected chi connectivity index (χ3v) is 4.22. The smallest absolute Gasteiger partial charge is 0.311 e. The molecule has 1 N–H and O–H groups in total. The fourth-order valence-electron chi connectivity index (χ4n) is 3.08. The van der Waals surface area contributed by atoms with Gasteiger partial charge in [0.05, 0.1) is 5.41 Å². The van der Waals surface area contributed by atoms with Gasteiger partial charge in [-0.25, -0.2) is 0 Å². The molecule has 1 unspecified atom stereocenters. The van der Waals surface area contributed by atoms with E-state index in [1.807, 2.05) is 6.92 Å². The number of nitrogens with zero attached hydrogens (tertiary/aromatic N) is 3. The van der Waals surface area contributed by atoms with Crippen LogP contribution in [-0.4, -0.2) is 44.8 Å². The van der Waals surface area contributed by atoms with Crippen molar-refractivity contribution >= 4 is 11.9 Å². The number of allylic oxidation sites excluding steroid dienone is 1. The van der Waals surface area contributed by atoms with Crippen LogP contribution in [0, 0.1) is 5.41 Å². The van der Waals surface area contributed by atoms with Crippen LogP contribution < -0.4 is 0 Å². The molecule has 1 aromatic heterocycles. The van der Waals surface area contributed by atoms with Crippen LogP contribution in [0.4, 0.5) is 0 Å². The van der Waals surface area contributed by atoms with E-state index in [0.717, 1.165) is 6.42 Å². The van der Waals surface area contributed by atoms with Crippen LogP contribution in [-0.2, 0) is 11.3 Å². The molecule has 0 aromatic carbocycles. The summed E-state index contributed by atoms with van der Waals surface area (Å²) < 4.78 is 1.69. The summed E-state index contributed by atoms with van der Waals surface area (Å²) in [5.74, 6) is -0.993. The molecule has 1 fully saturated rings. The van der Waals surface area contributed by atoms with E-state index >= 15 is 0 Å². The number of carboxylic acids is 1. The van der Waals surface area contributed by atoms with Gasteiger partial charge >= 0.3 is 5.97 Å². The predicted octanol–water partition coefficient (Wildman–Crippen LogP) is 2.18. The molecule has 1 aliphatic rings. The molecule has 2 heterocycles. The molecule has 1 atom stereocenters. The van der Waals surface area contributed by atoms with Gasteiger partial charge in [-0.15, -0.1) is 6.58 Å². The topological polar surface area (TPSA) is 75.4 Å². The van der Waals surface area contributed by atoms with Crippen molar-refractivity contribution in [1.29, 1.82) is 0 Å². The third kappa shape index (κ3) is 3.05. The molecule has 0 saturated carbocycles. The second kappa shape index (κ2) is 6.77. The summed E-state index contributed by atoms with van der Waals surface area (Å²) in [6.07, 6.45) is 5.77. The fourth-order valence-corrected chi connectivity index (χ4v) is 3.08. The van der Waals surface area contributed by atoms with Gasteiger partial charge in [-0.1, -0.05) is 13.0 Å². The number of carbonyl (C=O) groups excluding carboxylic acids is 1. The quantitative estimate of drug-likeness (QED) is 0.817. The molecule has 0 radical (unpaired) electrons. The molecule has 22 heavy (non-hydrogen) atoms. The van der Waals surface area contributed by atoms with E-state index in [4.69, 9.17) is 0 Å². The van der Waals surface area contributed by atoms with Gasteiger partial charge in [0.1, 0.15) is 5.69 Å². The Bertz CT molecular complexity index is 567. The summed E-state index contributed by atoms with van der Waals surface area (Å²) >= 11 is 0. The van der Waals surface area contributed by atoms with E-state index in [1.165, 1.54) is 0 Å². The van der Waals surface area contributed by atoms with Crippen LogP contribution in [0.25, 0.3) is 0 Å². The lowest BCUT2D eigenvalue weighted by molar-refractivity contribution is -0.151. The van der Waals surface area contributed by atoms with Crippen LogP contribution >= 0.6 is 0 Å². The number of aliphatic carboxylic acids is 1. The van der Waals surface area contributed by atoms with Crippen LogP contribution in [0.15, 0.2) is 24.9 Å². The van der Waals surface area contributed by atoms with Gasteiger partial charge in [0.25, 0.3) is 5.91 Å². The Hall–Kier alpha value is -2.11. The summed E-state index contributed by atoms with van der Waals surface area (Å²) in [5, 5.41) is 13.8. The summed E-state index contributed by atoms with van der Waals surface area (Å²) in [5.41, 5.74) is -0.382. The van der Waals surface area contributed by atoms with Crippen molar-refractivity contribution in [3.8, 4) is 0 Å². The van der Waals surface area contributed by atoms with Gasteiger partial charge in [-0.2, -0.15) is 5.10 Å². The summed E-state index contributed by atoms with van der Waals surface area (Å²) in [7, 11) is 0. The molecule has 1 saturated heterocycles. The minimum absolute atomic E-state index is 0.139. The SMILES string of the molecule is C=CCC1(C(=O)O)CCCN(C(=O)c2ccnn2CCC)C1. The lowest BCUT2D eigenvalue weighted by Gasteiger charge is -2.39. The Kier molecular flexibility index (Phi) is 5.00. The number of hydrogen-bond donors (Lipinski definition) is 1. The molecule has 6 heteroatoms. The van der Waals surface area contributed by atoms with Crippen LogP contribution in [0.5, 0.6) is 0 Å². The summed E-state index contributed by atoms with van der Waals surface area (Å²) in [4.78, 5) is 26.0. The first-order chi connectivity index (χ1) is 10.5. The van der Waals surface area contributed by atoms with Crippen molar-refractivity contribution in [1.82, 2.24) is 14.7 Å². The number of carboxylic acid groups (broad SMARTS) is 1. The number of aromatic nitrogens is 2. The molecule has 2 rings (SSSR count). The highest BCUT2D eigenvalue weighted by Gasteiger charge is 2.43. The molecule has 1 aliphatic heterocycles. The Labute approximate surface area is 130 Å². The lowest BCUT2D eigenvalue weighted by Crippen LogP contribution is -2.50. The average Bonchev–Trinajstić information content (AvgIpc) is 2.95. The zero-order chi connectivity index (χ0) is 16.2. The van der Waals surface area contributed by atoms with E-state index in [0.29, 0.717) is 38.0 Å². The largest absolute Gasteiger partial charge is 0.481 e. The molecular weight excluding hydrogens is 282 g/mol. The van der Waals surface area contributed by atoms with E-state index in [9.17, 15) is 14.7 Å². The minimum Gasteiger partial charge on any atom is -0.481 e. The number of carbonyl (C=O) groups is 2. The Morgan fingerprint density at radius 3 is 2.95 bits per heavy atom. The van der Waals surface area contributed by atoms with Crippen molar-refractivity contribution in [3.05, 3.63) is 30.6 Å². The van der Waals surface area contributed by atoms with E-state index in [2.05, 4.69) is 11.7 Å². The maximum Gasteiger partial charge on any atom is 0.311 e. The number of amides is 1. The number of rotatable bonds is 6. The standard InChI is InChI=1S/C16H23N3O3/c1-3-7-16(15(21)22)8-5-11-18(12-16)14(20)13-6-9-17-19(13)10-4-2/h3,6,9H,1,4-5,7-8,10-12H2,2H3,(H,21,22). The molecule has 6 nitrogen and oxygen atoms in total. The van der Waals surface area contributed by atoms with Gasteiger partial charge in [0, 0.05) is 25.8 Å². The van der Waals surface area contributed by atoms with Crippen molar-refractivity contribution < 1.29 is 14.7 Å². The lowest BCUT2D eigenvalue weighted by atomic mass is 9.77. The Balaban J connectivity index is 2.21. The van der Waals surface area contributed by atoms with E-state index < -0.39 is 11.4 Å². The highest BCUT2D eigenvalue weighted by atomic mass is 16.4. The molecule has 1 aromatic rings. The van der Waals surface area contributed by atoms with Crippen molar-refractivity contribution in [2.75, 3.05) is 13.1 Å². The summed E-state index contributed by atoms with van der Waals surface area (Å²) in [6.45, 7) is 7.18. The maximum absolute atomic E-state index is 12.7. The van der Waals surface area contributed by atoms with Crippen LogP contribution in [0.2, 0.25) is 0 Å². The zero-order valence-corrected chi connectivity index (χ0v) is 13.0. The minimum atomic E-state index is -0.911.